The molecule has 2 rings (SSSR count). The van der Waals surface area contributed by atoms with Crippen LogP contribution in [0.4, 0.5) is 0 Å². The molecule has 0 amide bonds. The Kier molecular flexibility index (Phi) is 7.57. The summed E-state index contributed by atoms with van der Waals surface area (Å²) >= 11 is 0. The van der Waals surface area contributed by atoms with E-state index in [0.717, 1.165) is 25.2 Å². The Morgan fingerprint density at radius 3 is 2.26 bits per heavy atom. The van der Waals surface area contributed by atoms with E-state index >= 15 is 0 Å². The predicted octanol–water partition coefficient (Wildman–Crippen LogP) is 5.13. The average Bonchev–Trinajstić information content (AvgIpc) is 2.97. The maximum atomic E-state index is 5.76. The van der Waals surface area contributed by atoms with Gasteiger partial charge in [-0.3, -0.25) is 0 Å². The highest BCUT2D eigenvalue weighted by molar-refractivity contribution is 5.29. The molecule has 1 aromatic carbocycles. The fourth-order valence-corrected chi connectivity index (χ4v) is 2.37. The molecule has 1 unspecified atom stereocenters. The van der Waals surface area contributed by atoms with Crippen molar-refractivity contribution in [2.24, 2.45) is 0 Å². The lowest BCUT2D eigenvalue weighted by Crippen LogP contribution is -2.13. The van der Waals surface area contributed by atoms with Gasteiger partial charge in [0.1, 0.15) is 5.75 Å². The van der Waals surface area contributed by atoms with Crippen molar-refractivity contribution in [3.05, 3.63) is 29.8 Å². The molecule has 0 N–H and O–H groups in total. The fraction of sp³-hybridized carbons (Fsp3) is 0.647. The zero-order valence-electron chi connectivity index (χ0n) is 12.8. The van der Waals surface area contributed by atoms with Gasteiger partial charge in [-0.25, -0.2) is 0 Å². The largest absolute Gasteiger partial charge is 0.465 e. The lowest BCUT2D eigenvalue weighted by molar-refractivity contribution is -0.0390. The summed E-state index contributed by atoms with van der Waals surface area (Å²) in [4.78, 5) is 0. The van der Waals surface area contributed by atoms with Crippen molar-refractivity contribution in [3.63, 3.8) is 0 Å². The average molecular weight is 264 g/mol. The maximum Gasteiger partial charge on any atom is 0.199 e. The first-order chi connectivity index (χ1) is 9.33. The molecule has 0 aromatic heterocycles. The van der Waals surface area contributed by atoms with E-state index in [1.165, 1.54) is 18.4 Å². The number of hydrogen-bond donors (Lipinski definition) is 0. The highest BCUT2D eigenvalue weighted by atomic mass is 16.7. The quantitative estimate of drug-likeness (QED) is 0.733. The van der Waals surface area contributed by atoms with Crippen LogP contribution in [0.3, 0.4) is 0 Å². The summed E-state index contributed by atoms with van der Waals surface area (Å²) in [7, 11) is 0. The fourth-order valence-electron chi connectivity index (χ4n) is 2.37. The molecule has 2 heteroatoms. The van der Waals surface area contributed by atoms with Gasteiger partial charge in [0.05, 0.1) is 6.61 Å². The Labute approximate surface area is 118 Å². The summed E-state index contributed by atoms with van der Waals surface area (Å²) in [6.45, 7) is 9.31. The minimum absolute atomic E-state index is 0.0333. The van der Waals surface area contributed by atoms with Crippen molar-refractivity contribution in [2.45, 2.75) is 65.6 Å². The van der Waals surface area contributed by atoms with Crippen LogP contribution >= 0.6 is 0 Å². The Hall–Kier alpha value is -1.02. The molecular weight excluding hydrogens is 236 g/mol. The molecule has 0 saturated carbocycles. The van der Waals surface area contributed by atoms with Crippen molar-refractivity contribution in [3.8, 4) is 5.75 Å². The summed E-state index contributed by atoms with van der Waals surface area (Å²) in [5, 5.41) is 0. The van der Waals surface area contributed by atoms with Crippen LogP contribution in [-0.2, 0) is 4.74 Å². The van der Waals surface area contributed by atoms with Crippen LogP contribution in [0.5, 0.6) is 5.75 Å². The van der Waals surface area contributed by atoms with Gasteiger partial charge in [-0.15, -0.1) is 0 Å². The molecule has 1 aliphatic heterocycles. The van der Waals surface area contributed by atoms with Crippen LogP contribution in [0.25, 0.3) is 0 Å². The van der Waals surface area contributed by atoms with Gasteiger partial charge in [0.15, 0.2) is 6.29 Å². The maximum absolute atomic E-state index is 5.76. The van der Waals surface area contributed by atoms with E-state index in [1.54, 1.807) is 0 Å². The summed E-state index contributed by atoms with van der Waals surface area (Å²) in [6.07, 6.45) is 4.48. The third-order valence-corrected chi connectivity index (χ3v) is 3.49. The summed E-state index contributed by atoms with van der Waals surface area (Å²) in [5.74, 6) is 1.60. The van der Waals surface area contributed by atoms with E-state index < -0.39 is 0 Å². The van der Waals surface area contributed by atoms with Crippen molar-refractivity contribution >= 4 is 0 Å². The van der Waals surface area contributed by atoms with Crippen molar-refractivity contribution in [2.75, 3.05) is 6.61 Å². The molecule has 0 spiro atoms. The molecule has 108 valence electrons. The van der Waals surface area contributed by atoms with Crippen molar-refractivity contribution < 1.29 is 9.47 Å². The van der Waals surface area contributed by atoms with Crippen LogP contribution < -0.4 is 4.74 Å². The highest BCUT2D eigenvalue weighted by Crippen LogP contribution is 2.26. The van der Waals surface area contributed by atoms with E-state index in [4.69, 9.17) is 9.47 Å². The molecular formula is C17H28O2. The topological polar surface area (TPSA) is 18.5 Å². The van der Waals surface area contributed by atoms with Gasteiger partial charge in [-0.1, -0.05) is 39.8 Å². The summed E-state index contributed by atoms with van der Waals surface area (Å²) < 4.78 is 11.2. The molecule has 1 aliphatic rings. The van der Waals surface area contributed by atoms with Crippen LogP contribution in [0, 0.1) is 0 Å². The van der Waals surface area contributed by atoms with E-state index in [0.29, 0.717) is 5.92 Å². The highest BCUT2D eigenvalue weighted by Gasteiger charge is 2.16. The van der Waals surface area contributed by atoms with Crippen molar-refractivity contribution in [1.82, 2.24) is 0 Å². The molecule has 1 atom stereocenters. The van der Waals surface area contributed by atoms with Gasteiger partial charge in [0.2, 0.25) is 0 Å². The summed E-state index contributed by atoms with van der Waals surface area (Å²) in [6, 6.07) is 8.49. The van der Waals surface area contributed by atoms with E-state index in [-0.39, 0.29) is 6.29 Å². The summed E-state index contributed by atoms with van der Waals surface area (Å²) in [5.41, 5.74) is 1.41. The number of ether oxygens (including phenoxy) is 2. The minimum atomic E-state index is -0.0333. The standard InChI is InChI=1S/C15H22O2.C2H6/c1-3-12(4-2)13-7-9-14(10-8-13)17-15-6-5-11-16-15;1-2/h7-10,12,15H,3-6,11H2,1-2H3;1-2H3. The zero-order chi connectivity index (χ0) is 14.1. The van der Waals surface area contributed by atoms with Crippen molar-refractivity contribution in [1.29, 1.82) is 0 Å². The molecule has 0 aliphatic carbocycles. The Morgan fingerprint density at radius 1 is 1.16 bits per heavy atom. The minimum Gasteiger partial charge on any atom is -0.465 e. The first-order valence-electron chi connectivity index (χ1n) is 7.71. The third kappa shape index (κ3) is 4.87. The first-order valence-corrected chi connectivity index (χ1v) is 7.71. The van der Waals surface area contributed by atoms with Crippen LogP contribution in [0.15, 0.2) is 24.3 Å². The second-order valence-corrected chi connectivity index (χ2v) is 4.64. The molecule has 1 fully saturated rings. The van der Waals surface area contributed by atoms with Crippen LogP contribution in [-0.4, -0.2) is 12.9 Å². The molecule has 2 nitrogen and oxygen atoms in total. The second-order valence-electron chi connectivity index (χ2n) is 4.64. The number of rotatable bonds is 5. The Bertz CT molecular complexity index is 322. The van der Waals surface area contributed by atoms with E-state index in [2.05, 4.69) is 38.1 Å². The zero-order valence-corrected chi connectivity index (χ0v) is 12.8. The Morgan fingerprint density at radius 2 is 1.79 bits per heavy atom. The molecule has 19 heavy (non-hydrogen) atoms. The Balaban J connectivity index is 0.000000861. The predicted molar refractivity (Wildman–Crippen MR) is 80.7 cm³/mol. The lowest BCUT2D eigenvalue weighted by atomic mass is 9.94. The van der Waals surface area contributed by atoms with E-state index in [1.807, 2.05) is 13.8 Å². The third-order valence-electron chi connectivity index (χ3n) is 3.49. The molecule has 1 saturated heterocycles. The lowest BCUT2D eigenvalue weighted by Gasteiger charge is -2.15. The van der Waals surface area contributed by atoms with Gasteiger partial charge < -0.3 is 9.47 Å². The molecule has 0 radical (unpaired) electrons. The van der Waals surface area contributed by atoms with E-state index in [9.17, 15) is 0 Å². The van der Waals surface area contributed by atoms with Gasteiger partial charge in [0.25, 0.3) is 0 Å². The van der Waals surface area contributed by atoms with Crippen LogP contribution in [0.1, 0.15) is 64.9 Å². The molecule has 1 heterocycles. The van der Waals surface area contributed by atoms with Gasteiger partial charge in [-0.2, -0.15) is 0 Å². The van der Waals surface area contributed by atoms with Gasteiger partial charge in [0, 0.05) is 6.42 Å². The number of hydrogen-bond acceptors (Lipinski definition) is 2. The SMILES string of the molecule is CC.CCC(CC)c1ccc(OC2CCCO2)cc1. The first kappa shape index (κ1) is 16.0. The molecule has 1 aromatic rings. The number of benzene rings is 1. The molecule has 0 bridgehead atoms. The van der Waals surface area contributed by atoms with Gasteiger partial charge in [-0.05, 0) is 42.9 Å². The normalized spacial score (nSPS) is 18.1. The second kappa shape index (κ2) is 8.98. The van der Waals surface area contributed by atoms with Gasteiger partial charge >= 0.3 is 0 Å². The van der Waals surface area contributed by atoms with Crippen LogP contribution in [0.2, 0.25) is 0 Å². The smallest absolute Gasteiger partial charge is 0.199 e. The monoisotopic (exact) mass is 264 g/mol.